The van der Waals surface area contributed by atoms with E-state index < -0.39 is 0 Å². The van der Waals surface area contributed by atoms with E-state index in [1.165, 1.54) is 33.4 Å². The molecule has 1 saturated carbocycles. The average molecular weight is 268 g/mol. The van der Waals surface area contributed by atoms with E-state index in [-0.39, 0.29) is 0 Å². The Morgan fingerprint density at radius 3 is 2.86 bits per heavy atom. The van der Waals surface area contributed by atoms with Crippen molar-refractivity contribution >= 4 is 37.5 Å². The van der Waals surface area contributed by atoms with Gasteiger partial charge in [-0.15, -0.1) is 11.3 Å². The fourth-order valence-electron chi connectivity index (χ4n) is 1.76. The minimum absolute atomic E-state index is 0.749. The minimum atomic E-state index is 0.749. The molecule has 0 unspecified atom stereocenters. The molecule has 1 nitrogen and oxygen atoms in total. The largest absolute Gasteiger partial charge is 0.241 e. The zero-order valence-electron chi connectivity index (χ0n) is 7.66. The Labute approximate surface area is 95.3 Å². The van der Waals surface area contributed by atoms with Crippen LogP contribution in [0.2, 0.25) is 0 Å². The summed E-state index contributed by atoms with van der Waals surface area (Å²) in [5.74, 6) is 0.749. The number of benzene rings is 1. The van der Waals surface area contributed by atoms with Gasteiger partial charge in [-0.05, 0) is 40.9 Å². The number of thiazole rings is 1. The van der Waals surface area contributed by atoms with Gasteiger partial charge in [-0.2, -0.15) is 0 Å². The van der Waals surface area contributed by atoms with Crippen molar-refractivity contribution in [3.8, 4) is 0 Å². The van der Waals surface area contributed by atoms with E-state index in [0.717, 1.165) is 11.4 Å². The molecule has 0 aliphatic heterocycles. The molecule has 0 atom stereocenters. The molecule has 0 spiro atoms. The van der Waals surface area contributed by atoms with Gasteiger partial charge in [-0.3, -0.25) is 0 Å². The lowest BCUT2D eigenvalue weighted by Gasteiger charge is -2.22. The summed E-state index contributed by atoms with van der Waals surface area (Å²) in [6.45, 7) is 0. The van der Waals surface area contributed by atoms with Crippen LogP contribution in [-0.2, 0) is 0 Å². The maximum absolute atomic E-state index is 4.68. The Morgan fingerprint density at radius 1 is 1.36 bits per heavy atom. The van der Waals surface area contributed by atoms with Crippen LogP contribution in [0.1, 0.15) is 30.2 Å². The van der Waals surface area contributed by atoms with Crippen LogP contribution in [0.5, 0.6) is 0 Å². The average Bonchev–Trinajstić information content (AvgIpc) is 2.46. The first kappa shape index (κ1) is 8.86. The lowest BCUT2D eigenvalue weighted by atomic mass is 9.86. The van der Waals surface area contributed by atoms with Crippen molar-refractivity contribution in [3.63, 3.8) is 0 Å². The third-order valence-electron chi connectivity index (χ3n) is 2.84. The van der Waals surface area contributed by atoms with Crippen LogP contribution in [0.15, 0.2) is 22.7 Å². The Morgan fingerprint density at radius 2 is 2.21 bits per heavy atom. The quantitative estimate of drug-likeness (QED) is 0.750. The predicted octanol–water partition coefficient (Wildman–Crippen LogP) is 4.33. The standard InChI is InChI=1S/C11H10BrNS/c12-8-5-2-6-9-10(8)14-11(13-9)7-3-1-4-7/h2,5-7H,1,3-4H2. The molecular formula is C11H10BrNS. The molecule has 72 valence electrons. The van der Waals surface area contributed by atoms with E-state index in [9.17, 15) is 0 Å². The van der Waals surface area contributed by atoms with Gasteiger partial charge in [0.05, 0.1) is 15.2 Å². The first-order chi connectivity index (χ1) is 6.84. The van der Waals surface area contributed by atoms with Crippen molar-refractivity contribution in [2.45, 2.75) is 25.2 Å². The van der Waals surface area contributed by atoms with Crippen molar-refractivity contribution in [2.24, 2.45) is 0 Å². The van der Waals surface area contributed by atoms with Gasteiger partial charge in [0, 0.05) is 10.4 Å². The second-order valence-electron chi connectivity index (χ2n) is 3.77. The van der Waals surface area contributed by atoms with Crippen molar-refractivity contribution in [3.05, 3.63) is 27.7 Å². The van der Waals surface area contributed by atoms with E-state index >= 15 is 0 Å². The molecule has 0 N–H and O–H groups in total. The molecule has 1 heterocycles. The van der Waals surface area contributed by atoms with Crippen molar-refractivity contribution in [2.75, 3.05) is 0 Å². The summed E-state index contributed by atoms with van der Waals surface area (Å²) in [5.41, 5.74) is 1.14. The van der Waals surface area contributed by atoms with E-state index in [4.69, 9.17) is 0 Å². The van der Waals surface area contributed by atoms with Crippen LogP contribution in [0, 0.1) is 0 Å². The fourth-order valence-corrected chi connectivity index (χ4v) is 3.50. The highest BCUT2D eigenvalue weighted by molar-refractivity contribution is 9.10. The molecule has 0 radical (unpaired) electrons. The maximum atomic E-state index is 4.68. The number of halogens is 1. The molecule has 0 amide bonds. The van der Waals surface area contributed by atoms with Crippen LogP contribution < -0.4 is 0 Å². The molecule has 3 rings (SSSR count). The zero-order chi connectivity index (χ0) is 9.54. The topological polar surface area (TPSA) is 12.9 Å². The molecule has 1 aromatic heterocycles. The molecule has 1 fully saturated rings. The monoisotopic (exact) mass is 267 g/mol. The predicted molar refractivity (Wildman–Crippen MR) is 63.9 cm³/mol. The molecule has 1 aliphatic carbocycles. The molecule has 0 saturated heterocycles. The van der Waals surface area contributed by atoms with Gasteiger partial charge in [0.1, 0.15) is 0 Å². The smallest absolute Gasteiger partial charge is 0.0969 e. The number of hydrogen-bond acceptors (Lipinski definition) is 2. The third-order valence-corrected chi connectivity index (χ3v) is 5.03. The van der Waals surface area contributed by atoms with Crippen molar-refractivity contribution in [1.82, 2.24) is 4.98 Å². The lowest BCUT2D eigenvalue weighted by molar-refractivity contribution is 0.419. The first-order valence-corrected chi connectivity index (χ1v) is 6.50. The fraction of sp³-hybridized carbons (Fsp3) is 0.364. The Bertz CT molecular complexity index is 473. The third kappa shape index (κ3) is 1.30. The molecule has 1 aliphatic rings. The summed E-state index contributed by atoms with van der Waals surface area (Å²) >= 11 is 5.42. The Kier molecular flexibility index (Phi) is 2.10. The van der Waals surface area contributed by atoms with Gasteiger partial charge >= 0.3 is 0 Å². The van der Waals surface area contributed by atoms with Crippen LogP contribution >= 0.6 is 27.3 Å². The number of rotatable bonds is 1. The molecular weight excluding hydrogens is 258 g/mol. The summed E-state index contributed by atoms with van der Waals surface area (Å²) in [7, 11) is 0. The maximum Gasteiger partial charge on any atom is 0.0969 e. The van der Waals surface area contributed by atoms with Gasteiger partial charge in [0.2, 0.25) is 0 Å². The van der Waals surface area contributed by atoms with Gasteiger partial charge in [-0.25, -0.2) is 4.98 Å². The normalized spacial score (nSPS) is 17.2. The number of hydrogen-bond donors (Lipinski definition) is 0. The van der Waals surface area contributed by atoms with Crippen LogP contribution in [0.4, 0.5) is 0 Å². The minimum Gasteiger partial charge on any atom is -0.241 e. The lowest BCUT2D eigenvalue weighted by Crippen LogP contribution is -2.07. The van der Waals surface area contributed by atoms with Crippen molar-refractivity contribution in [1.29, 1.82) is 0 Å². The summed E-state index contributed by atoms with van der Waals surface area (Å²) in [6, 6.07) is 6.24. The number of nitrogens with zero attached hydrogens (tertiary/aromatic N) is 1. The van der Waals surface area contributed by atoms with Gasteiger partial charge in [0.25, 0.3) is 0 Å². The molecule has 2 aromatic rings. The van der Waals surface area contributed by atoms with E-state index in [1.54, 1.807) is 0 Å². The van der Waals surface area contributed by atoms with Crippen LogP contribution in [0.3, 0.4) is 0 Å². The second-order valence-corrected chi connectivity index (χ2v) is 5.65. The highest BCUT2D eigenvalue weighted by Gasteiger charge is 2.23. The number of aromatic nitrogens is 1. The molecule has 1 aromatic carbocycles. The molecule has 0 bridgehead atoms. The summed E-state index contributed by atoms with van der Waals surface area (Å²) in [4.78, 5) is 4.68. The van der Waals surface area contributed by atoms with E-state index in [0.29, 0.717) is 0 Å². The highest BCUT2D eigenvalue weighted by Crippen LogP contribution is 2.41. The summed E-state index contributed by atoms with van der Waals surface area (Å²) in [5, 5.41) is 1.33. The van der Waals surface area contributed by atoms with Gasteiger partial charge in [0.15, 0.2) is 0 Å². The Balaban J connectivity index is 2.15. The summed E-state index contributed by atoms with van der Waals surface area (Å²) in [6.07, 6.45) is 4.04. The van der Waals surface area contributed by atoms with E-state index in [1.807, 2.05) is 11.3 Å². The van der Waals surface area contributed by atoms with Crippen molar-refractivity contribution < 1.29 is 0 Å². The SMILES string of the molecule is Brc1cccc2nc(C3CCC3)sc12. The zero-order valence-corrected chi connectivity index (χ0v) is 10.1. The first-order valence-electron chi connectivity index (χ1n) is 4.89. The number of fused-ring (bicyclic) bond motifs is 1. The van der Waals surface area contributed by atoms with Gasteiger partial charge in [-0.1, -0.05) is 12.5 Å². The van der Waals surface area contributed by atoms with Crippen LogP contribution in [-0.4, -0.2) is 4.98 Å². The molecule has 14 heavy (non-hydrogen) atoms. The van der Waals surface area contributed by atoms with E-state index in [2.05, 4.69) is 39.1 Å². The van der Waals surface area contributed by atoms with Gasteiger partial charge < -0.3 is 0 Å². The Hall–Kier alpha value is -0.410. The van der Waals surface area contributed by atoms with Crippen LogP contribution in [0.25, 0.3) is 10.2 Å². The molecule has 3 heteroatoms. The summed E-state index contributed by atoms with van der Waals surface area (Å²) < 4.78 is 2.48. The second kappa shape index (κ2) is 3.31. The highest BCUT2D eigenvalue weighted by atomic mass is 79.9.